The van der Waals surface area contributed by atoms with Crippen molar-refractivity contribution >= 4 is 5.78 Å². The highest BCUT2D eigenvalue weighted by atomic mass is 19.4. The lowest BCUT2D eigenvalue weighted by Crippen LogP contribution is -2.26. The number of rotatable bonds is 3. The van der Waals surface area contributed by atoms with Crippen LogP contribution < -0.4 is 0 Å². The van der Waals surface area contributed by atoms with Crippen molar-refractivity contribution in [1.29, 1.82) is 0 Å². The van der Waals surface area contributed by atoms with E-state index in [1.807, 2.05) is 0 Å². The number of ketones is 1. The standard InChI is InChI=1S/C15H8F6O/c16-12-7-1-9(2-8-12)13(22)14(17,18)10-3-5-11(6-4-10)15(19,20)21/h1-8H. The van der Waals surface area contributed by atoms with Crippen LogP contribution in [0.5, 0.6) is 0 Å². The molecule has 0 aliphatic heterocycles. The number of hydrogen-bond donors (Lipinski definition) is 0. The molecule has 0 saturated heterocycles. The fourth-order valence-corrected chi connectivity index (χ4v) is 1.78. The van der Waals surface area contributed by atoms with Gasteiger partial charge in [0.1, 0.15) is 5.82 Å². The normalized spacial score (nSPS) is 12.3. The minimum atomic E-state index is -4.66. The van der Waals surface area contributed by atoms with E-state index in [1.165, 1.54) is 0 Å². The van der Waals surface area contributed by atoms with Crippen LogP contribution in [0.15, 0.2) is 48.5 Å². The van der Waals surface area contributed by atoms with Crippen LogP contribution in [0.2, 0.25) is 0 Å². The molecular weight excluding hydrogens is 310 g/mol. The molecule has 0 unspecified atom stereocenters. The molecule has 0 aliphatic carbocycles. The summed E-state index contributed by atoms with van der Waals surface area (Å²) >= 11 is 0. The smallest absolute Gasteiger partial charge is 0.287 e. The molecule has 0 aliphatic rings. The number of alkyl halides is 5. The maximum Gasteiger partial charge on any atom is 0.416 e. The molecule has 0 saturated carbocycles. The average Bonchev–Trinajstić information content (AvgIpc) is 2.46. The second-order valence-electron chi connectivity index (χ2n) is 4.49. The summed E-state index contributed by atoms with van der Waals surface area (Å²) in [6.07, 6.45) is -4.66. The van der Waals surface area contributed by atoms with E-state index in [2.05, 4.69) is 0 Å². The van der Waals surface area contributed by atoms with E-state index in [0.29, 0.717) is 24.3 Å². The fraction of sp³-hybridized carbons (Fsp3) is 0.133. The summed E-state index contributed by atoms with van der Waals surface area (Å²) in [6, 6.07) is 5.49. The van der Waals surface area contributed by atoms with Gasteiger partial charge in [0.05, 0.1) is 5.56 Å². The zero-order valence-corrected chi connectivity index (χ0v) is 10.8. The summed E-state index contributed by atoms with van der Waals surface area (Å²) in [5.41, 5.74) is -2.40. The van der Waals surface area contributed by atoms with Crippen molar-refractivity contribution in [1.82, 2.24) is 0 Å². The Morgan fingerprint density at radius 1 is 0.727 bits per heavy atom. The Hall–Kier alpha value is -2.31. The van der Waals surface area contributed by atoms with Crippen molar-refractivity contribution in [3.63, 3.8) is 0 Å². The number of carbonyl (C=O) groups excluding carboxylic acids is 1. The zero-order chi connectivity index (χ0) is 16.5. The predicted molar refractivity (Wildman–Crippen MR) is 66.1 cm³/mol. The average molecular weight is 318 g/mol. The summed E-state index contributed by atoms with van der Waals surface area (Å²) in [4.78, 5) is 11.8. The van der Waals surface area contributed by atoms with Crippen molar-refractivity contribution in [3.05, 3.63) is 71.0 Å². The summed E-state index contributed by atoms with van der Waals surface area (Å²) in [5, 5.41) is 0. The molecule has 22 heavy (non-hydrogen) atoms. The van der Waals surface area contributed by atoms with Gasteiger partial charge in [-0.05, 0) is 36.4 Å². The Morgan fingerprint density at radius 3 is 1.64 bits per heavy atom. The lowest BCUT2D eigenvalue weighted by Gasteiger charge is -2.16. The molecule has 0 fully saturated rings. The molecule has 0 heterocycles. The zero-order valence-electron chi connectivity index (χ0n) is 10.8. The summed E-state index contributed by atoms with van der Waals surface area (Å²) < 4.78 is 78.0. The SMILES string of the molecule is O=C(c1ccc(F)cc1)C(F)(F)c1ccc(C(F)(F)F)cc1. The molecule has 0 bridgehead atoms. The Bertz CT molecular complexity index is 671. The van der Waals surface area contributed by atoms with Gasteiger partial charge in [-0.25, -0.2) is 4.39 Å². The quantitative estimate of drug-likeness (QED) is 0.586. The lowest BCUT2D eigenvalue weighted by molar-refractivity contribution is -0.137. The second kappa shape index (κ2) is 5.47. The number of Topliss-reactive ketones (excluding diaryl/α,β-unsaturated/α-hetero) is 1. The molecule has 0 N–H and O–H groups in total. The Labute approximate surface area is 121 Å². The van der Waals surface area contributed by atoms with Gasteiger partial charge in [-0.1, -0.05) is 12.1 Å². The van der Waals surface area contributed by atoms with E-state index in [0.717, 1.165) is 24.3 Å². The van der Waals surface area contributed by atoms with Gasteiger partial charge in [-0.15, -0.1) is 0 Å². The number of hydrogen-bond acceptors (Lipinski definition) is 1. The second-order valence-corrected chi connectivity index (χ2v) is 4.49. The molecule has 0 radical (unpaired) electrons. The van der Waals surface area contributed by atoms with Gasteiger partial charge in [0, 0.05) is 11.1 Å². The largest absolute Gasteiger partial charge is 0.416 e. The minimum absolute atomic E-state index is 0.439. The van der Waals surface area contributed by atoms with Crippen LogP contribution >= 0.6 is 0 Å². The molecule has 0 spiro atoms. The Kier molecular flexibility index (Phi) is 4.00. The van der Waals surface area contributed by atoms with Crippen molar-refractivity contribution < 1.29 is 31.1 Å². The molecule has 2 rings (SSSR count). The van der Waals surface area contributed by atoms with E-state index >= 15 is 0 Å². The summed E-state index contributed by atoms with van der Waals surface area (Å²) in [6.45, 7) is 0. The van der Waals surface area contributed by atoms with E-state index in [-0.39, 0.29) is 0 Å². The van der Waals surface area contributed by atoms with Crippen LogP contribution in [0.4, 0.5) is 26.3 Å². The summed E-state index contributed by atoms with van der Waals surface area (Å²) in [7, 11) is 0. The van der Waals surface area contributed by atoms with Crippen LogP contribution in [0.1, 0.15) is 21.5 Å². The van der Waals surface area contributed by atoms with Gasteiger partial charge in [-0.3, -0.25) is 4.79 Å². The van der Waals surface area contributed by atoms with Crippen molar-refractivity contribution in [2.75, 3.05) is 0 Å². The van der Waals surface area contributed by atoms with E-state index in [9.17, 15) is 31.1 Å². The highest BCUT2D eigenvalue weighted by Crippen LogP contribution is 2.35. The van der Waals surface area contributed by atoms with Crippen LogP contribution in [-0.4, -0.2) is 5.78 Å². The highest BCUT2D eigenvalue weighted by molar-refractivity contribution is 6.01. The topological polar surface area (TPSA) is 17.1 Å². The lowest BCUT2D eigenvalue weighted by atomic mass is 9.98. The number of carbonyl (C=O) groups is 1. The van der Waals surface area contributed by atoms with Crippen molar-refractivity contribution in [2.45, 2.75) is 12.1 Å². The summed E-state index contributed by atoms with van der Waals surface area (Å²) in [5.74, 6) is -6.33. The van der Waals surface area contributed by atoms with Crippen LogP contribution in [0.3, 0.4) is 0 Å². The fourth-order valence-electron chi connectivity index (χ4n) is 1.78. The van der Waals surface area contributed by atoms with E-state index < -0.39 is 40.4 Å². The van der Waals surface area contributed by atoms with Gasteiger partial charge < -0.3 is 0 Å². The van der Waals surface area contributed by atoms with E-state index in [1.54, 1.807) is 0 Å². The predicted octanol–water partition coefficient (Wildman–Crippen LogP) is 4.82. The Balaban J connectivity index is 2.33. The maximum atomic E-state index is 14.0. The third-order valence-corrected chi connectivity index (χ3v) is 2.97. The van der Waals surface area contributed by atoms with Gasteiger partial charge in [0.25, 0.3) is 0 Å². The number of halogens is 6. The molecule has 116 valence electrons. The first-order valence-electron chi connectivity index (χ1n) is 5.98. The van der Waals surface area contributed by atoms with Crippen LogP contribution in [-0.2, 0) is 12.1 Å². The van der Waals surface area contributed by atoms with Crippen molar-refractivity contribution in [2.24, 2.45) is 0 Å². The molecule has 2 aromatic carbocycles. The number of benzene rings is 2. The van der Waals surface area contributed by atoms with E-state index in [4.69, 9.17) is 0 Å². The Morgan fingerprint density at radius 2 is 1.18 bits per heavy atom. The molecule has 0 aromatic heterocycles. The molecule has 2 aromatic rings. The highest BCUT2D eigenvalue weighted by Gasteiger charge is 2.42. The van der Waals surface area contributed by atoms with Gasteiger partial charge >= 0.3 is 12.1 Å². The van der Waals surface area contributed by atoms with Crippen LogP contribution in [0, 0.1) is 5.82 Å². The van der Waals surface area contributed by atoms with Crippen molar-refractivity contribution in [3.8, 4) is 0 Å². The van der Waals surface area contributed by atoms with Gasteiger partial charge in [0.2, 0.25) is 5.78 Å². The van der Waals surface area contributed by atoms with Crippen LogP contribution in [0.25, 0.3) is 0 Å². The molecule has 0 amide bonds. The first kappa shape index (κ1) is 16.1. The monoisotopic (exact) mass is 318 g/mol. The molecule has 7 heteroatoms. The third-order valence-electron chi connectivity index (χ3n) is 2.97. The first-order chi connectivity index (χ1) is 10.1. The first-order valence-corrected chi connectivity index (χ1v) is 5.98. The maximum absolute atomic E-state index is 14.0. The molecule has 0 atom stereocenters. The molecule has 1 nitrogen and oxygen atoms in total. The third kappa shape index (κ3) is 3.13. The molecular formula is C15H8F6O. The van der Waals surface area contributed by atoms with Gasteiger partial charge in [-0.2, -0.15) is 22.0 Å². The minimum Gasteiger partial charge on any atom is -0.287 e. The van der Waals surface area contributed by atoms with Gasteiger partial charge in [0.15, 0.2) is 0 Å².